The predicted molar refractivity (Wildman–Crippen MR) is 78.0 cm³/mol. The van der Waals surface area contributed by atoms with Gasteiger partial charge in [-0.2, -0.15) is 0 Å². The second kappa shape index (κ2) is 6.72. The van der Waals surface area contributed by atoms with Crippen LogP contribution in [0.3, 0.4) is 0 Å². The van der Waals surface area contributed by atoms with Gasteiger partial charge in [0.2, 0.25) is 5.91 Å². The van der Waals surface area contributed by atoms with Crippen molar-refractivity contribution < 1.29 is 19.4 Å². The van der Waals surface area contributed by atoms with Crippen molar-refractivity contribution in [1.82, 2.24) is 4.90 Å². The number of likely N-dealkylation sites (N-methyl/N-ethyl adjacent to an activating group) is 1. The number of carboxylic acid groups (broad SMARTS) is 1. The van der Waals surface area contributed by atoms with E-state index in [1.54, 1.807) is 4.90 Å². The first-order chi connectivity index (χ1) is 10.0. The second-order valence-electron chi connectivity index (χ2n) is 5.40. The average Bonchev–Trinajstić information content (AvgIpc) is 2.89. The number of carboxylic acids is 1. The SMILES string of the molecule is CCN(C(=O)Cc1cccc(C)c1)C1COCC1C(=O)O. The van der Waals surface area contributed by atoms with E-state index in [0.717, 1.165) is 11.1 Å². The van der Waals surface area contributed by atoms with Crippen LogP contribution >= 0.6 is 0 Å². The number of benzene rings is 1. The summed E-state index contributed by atoms with van der Waals surface area (Å²) in [5.41, 5.74) is 2.06. The largest absolute Gasteiger partial charge is 0.481 e. The smallest absolute Gasteiger partial charge is 0.311 e. The van der Waals surface area contributed by atoms with Gasteiger partial charge >= 0.3 is 5.97 Å². The van der Waals surface area contributed by atoms with E-state index in [0.29, 0.717) is 19.6 Å². The highest BCUT2D eigenvalue weighted by Crippen LogP contribution is 2.21. The van der Waals surface area contributed by atoms with E-state index in [1.807, 2.05) is 38.1 Å². The van der Waals surface area contributed by atoms with Crippen molar-refractivity contribution in [2.24, 2.45) is 5.92 Å². The first-order valence-corrected chi connectivity index (χ1v) is 7.18. The molecule has 1 heterocycles. The molecule has 0 spiro atoms. The van der Waals surface area contributed by atoms with E-state index in [-0.39, 0.29) is 18.6 Å². The van der Waals surface area contributed by atoms with Gasteiger partial charge in [-0.25, -0.2) is 0 Å². The number of nitrogens with zero attached hydrogens (tertiary/aromatic N) is 1. The van der Waals surface area contributed by atoms with Crippen molar-refractivity contribution in [3.63, 3.8) is 0 Å². The first-order valence-electron chi connectivity index (χ1n) is 7.18. The summed E-state index contributed by atoms with van der Waals surface area (Å²) in [6.07, 6.45) is 0.290. The number of hydrogen-bond donors (Lipinski definition) is 1. The van der Waals surface area contributed by atoms with Gasteiger partial charge < -0.3 is 14.7 Å². The maximum Gasteiger partial charge on any atom is 0.311 e. The van der Waals surface area contributed by atoms with Crippen LogP contribution in [0.25, 0.3) is 0 Å². The zero-order chi connectivity index (χ0) is 15.4. The molecule has 5 heteroatoms. The fraction of sp³-hybridized carbons (Fsp3) is 0.500. The molecule has 2 unspecified atom stereocenters. The summed E-state index contributed by atoms with van der Waals surface area (Å²) in [5, 5.41) is 9.22. The van der Waals surface area contributed by atoms with Gasteiger partial charge in [0.15, 0.2) is 0 Å². The summed E-state index contributed by atoms with van der Waals surface area (Å²) in [5.74, 6) is -1.59. The Morgan fingerprint density at radius 3 is 2.76 bits per heavy atom. The molecule has 0 radical (unpaired) electrons. The molecule has 2 rings (SSSR count). The Labute approximate surface area is 124 Å². The molecule has 2 atom stereocenters. The minimum absolute atomic E-state index is 0.0511. The first kappa shape index (κ1) is 15.5. The number of hydrogen-bond acceptors (Lipinski definition) is 3. The summed E-state index contributed by atoms with van der Waals surface area (Å²) >= 11 is 0. The lowest BCUT2D eigenvalue weighted by Gasteiger charge is -2.29. The number of carbonyl (C=O) groups excluding carboxylic acids is 1. The lowest BCUT2D eigenvalue weighted by Crippen LogP contribution is -2.47. The van der Waals surface area contributed by atoms with Crippen molar-refractivity contribution in [1.29, 1.82) is 0 Å². The normalized spacial score (nSPS) is 21.2. The molecule has 114 valence electrons. The standard InChI is InChI=1S/C16H21NO4/c1-3-17(14-10-21-9-13(14)16(19)20)15(18)8-12-6-4-5-11(2)7-12/h4-7,13-14H,3,8-10H2,1-2H3,(H,19,20). The number of aliphatic carboxylic acids is 1. The van der Waals surface area contributed by atoms with Crippen molar-refractivity contribution in [3.8, 4) is 0 Å². The van der Waals surface area contributed by atoms with Gasteiger partial charge in [0.25, 0.3) is 0 Å². The van der Waals surface area contributed by atoms with Crippen LogP contribution in [-0.4, -0.2) is 47.7 Å². The number of carbonyl (C=O) groups is 2. The highest BCUT2D eigenvalue weighted by atomic mass is 16.5. The van der Waals surface area contributed by atoms with Crippen molar-refractivity contribution in [2.45, 2.75) is 26.3 Å². The van der Waals surface area contributed by atoms with E-state index < -0.39 is 11.9 Å². The van der Waals surface area contributed by atoms with E-state index >= 15 is 0 Å². The van der Waals surface area contributed by atoms with Gasteiger partial charge in [-0.05, 0) is 19.4 Å². The summed E-state index contributed by atoms with van der Waals surface area (Å²) in [6.45, 7) is 4.81. The van der Waals surface area contributed by atoms with E-state index in [2.05, 4.69) is 0 Å². The molecule has 1 saturated heterocycles. The van der Waals surface area contributed by atoms with Crippen molar-refractivity contribution in [3.05, 3.63) is 35.4 Å². The molecule has 1 amide bonds. The Kier molecular flexibility index (Phi) is 4.96. The number of aryl methyl sites for hydroxylation is 1. The molecular formula is C16H21NO4. The fourth-order valence-corrected chi connectivity index (χ4v) is 2.78. The van der Waals surface area contributed by atoms with Crippen LogP contribution in [0.1, 0.15) is 18.1 Å². The molecule has 0 aliphatic carbocycles. The van der Waals surface area contributed by atoms with Gasteiger partial charge in [0, 0.05) is 6.54 Å². The maximum atomic E-state index is 12.5. The molecule has 1 aliphatic heterocycles. The summed E-state index contributed by atoms with van der Waals surface area (Å²) in [7, 11) is 0. The van der Waals surface area contributed by atoms with Crippen LogP contribution < -0.4 is 0 Å². The lowest BCUT2D eigenvalue weighted by atomic mass is 10.0. The number of ether oxygens (including phenoxy) is 1. The highest BCUT2D eigenvalue weighted by Gasteiger charge is 2.39. The monoisotopic (exact) mass is 291 g/mol. The molecule has 0 saturated carbocycles. The minimum Gasteiger partial charge on any atom is -0.481 e. The van der Waals surface area contributed by atoms with E-state index in [9.17, 15) is 14.7 Å². The van der Waals surface area contributed by atoms with Gasteiger partial charge in [-0.3, -0.25) is 9.59 Å². The molecule has 0 bridgehead atoms. The van der Waals surface area contributed by atoms with E-state index in [1.165, 1.54) is 0 Å². The topological polar surface area (TPSA) is 66.8 Å². The average molecular weight is 291 g/mol. The highest BCUT2D eigenvalue weighted by molar-refractivity contribution is 5.80. The van der Waals surface area contributed by atoms with Crippen LogP contribution in [0.2, 0.25) is 0 Å². The Morgan fingerprint density at radius 2 is 2.14 bits per heavy atom. The zero-order valence-corrected chi connectivity index (χ0v) is 12.4. The fourth-order valence-electron chi connectivity index (χ4n) is 2.78. The van der Waals surface area contributed by atoms with Crippen LogP contribution in [0.15, 0.2) is 24.3 Å². The van der Waals surface area contributed by atoms with Crippen LogP contribution in [0.4, 0.5) is 0 Å². The Balaban J connectivity index is 2.10. The molecule has 1 N–H and O–H groups in total. The third-order valence-corrected chi connectivity index (χ3v) is 3.87. The summed E-state index contributed by atoms with van der Waals surface area (Å²) in [4.78, 5) is 25.4. The third kappa shape index (κ3) is 3.61. The Hall–Kier alpha value is -1.88. The third-order valence-electron chi connectivity index (χ3n) is 3.87. The second-order valence-corrected chi connectivity index (χ2v) is 5.40. The maximum absolute atomic E-state index is 12.5. The molecule has 1 aromatic carbocycles. The molecule has 1 fully saturated rings. The van der Waals surface area contributed by atoms with Crippen LogP contribution in [0.5, 0.6) is 0 Å². The quantitative estimate of drug-likeness (QED) is 0.892. The Morgan fingerprint density at radius 1 is 1.38 bits per heavy atom. The molecule has 21 heavy (non-hydrogen) atoms. The van der Waals surface area contributed by atoms with Gasteiger partial charge in [0.1, 0.15) is 5.92 Å². The van der Waals surface area contributed by atoms with E-state index in [4.69, 9.17) is 4.74 Å². The van der Waals surface area contributed by atoms with Crippen LogP contribution in [0, 0.1) is 12.8 Å². The zero-order valence-electron chi connectivity index (χ0n) is 12.4. The van der Waals surface area contributed by atoms with Gasteiger partial charge in [-0.15, -0.1) is 0 Å². The molecule has 1 aliphatic rings. The summed E-state index contributed by atoms with van der Waals surface area (Å²) in [6, 6.07) is 7.43. The number of amides is 1. The Bertz CT molecular complexity index is 529. The molecule has 5 nitrogen and oxygen atoms in total. The molecular weight excluding hydrogens is 270 g/mol. The molecule has 0 aromatic heterocycles. The summed E-state index contributed by atoms with van der Waals surface area (Å²) < 4.78 is 5.26. The van der Waals surface area contributed by atoms with Crippen molar-refractivity contribution in [2.75, 3.05) is 19.8 Å². The predicted octanol–water partition coefficient (Wildman–Crippen LogP) is 1.49. The number of rotatable bonds is 5. The minimum atomic E-state index is -0.903. The lowest BCUT2D eigenvalue weighted by molar-refractivity contribution is -0.144. The van der Waals surface area contributed by atoms with Gasteiger partial charge in [-0.1, -0.05) is 29.8 Å². The van der Waals surface area contributed by atoms with Crippen molar-refractivity contribution >= 4 is 11.9 Å². The molecule has 1 aromatic rings. The van der Waals surface area contributed by atoms with Crippen LogP contribution in [-0.2, 0) is 20.7 Å². The van der Waals surface area contributed by atoms with Gasteiger partial charge in [0.05, 0.1) is 25.7 Å².